The SMILES string of the molecule is COC1CN(c2nc3ccccc3cc2C(=N)/C=C\C=N)CCC1NC1C=CCCC1. The van der Waals surface area contributed by atoms with Crippen molar-refractivity contribution < 1.29 is 4.74 Å². The number of anilines is 1. The van der Waals surface area contributed by atoms with Crippen LogP contribution in [-0.2, 0) is 4.74 Å². The van der Waals surface area contributed by atoms with Gasteiger partial charge in [0.25, 0.3) is 0 Å². The number of rotatable bonds is 7. The summed E-state index contributed by atoms with van der Waals surface area (Å²) in [6, 6.07) is 10.8. The average Bonchev–Trinajstić information content (AvgIpc) is 2.82. The highest BCUT2D eigenvalue weighted by molar-refractivity contribution is 6.12. The number of nitrogens with one attached hydrogen (secondary N) is 3. The average molecular weight is 418 g/mol. The van der Waals surface area contributed by atoms with Gasteiger partial charge in [-0.05, 0) is 50.0 Å². The van der Waals surface area contributed by atoms with Crippen molar-refractivity contribution in [2.24, 2.45) is 0 Å². The third-order valence-corrected chi connectivity index (χ3v) is 6.20. The van der Waals surface area contributed by atoms with Crippen LogP contribution in [0.3, 0.4) is 0 Å². The zero-order valence-electron chi connectivity index (χ0n) is 18.1. The Morgan fingerprint density at radius 1 is 1.29 bits per heavy atom. The molecule has 1 aliphatic heterocycles. The van der Waals surface area contributed by atoms with Gasteiger partial charge < -0.3 is 25.8 Å². The Morgan fingerprint density at radius 2 is 2.16 bits per heavy atom. The van der Waals surface area contributed by atoms with E-state index in [0.717, 1.165) is 41.8 Å². The van der Waals surface area contributed by atoms with Gasteiger partial charge in [0, 0.05) is 49.4 Å². The molecule has 1 saturated heterocycles. The number of benzene rings is 1. The van der Waals surface area contributed by atoms with Crippen molar-refractivity contribution in [1.82, 2.24) is 10.3 Å². The Kier molecular flexibility index (Phi) is 6.89. The Balaban J connectivity index is 1.60. The highest BCUT2D eigenvalue weighted by atomic mass is 16.5. The van der Waals surface area contributed by atoms with Gasteiger partial charge in [-0.1, -0.05) is 30.4 Å². The minimum atomic E-state index is 0.0523. The van der Waals surface area contributed by atoms with Gasteiger partial charge in [0.15, 0.2) is 0 Å². The second-order valence-corrected chi connectivity index (χ2v) is 8.24. The first-order valence-corrected chi connectivity index (χ1v) is 11.1. The van der Waals surface area contributed by atoms with E-state index >= 15 is 0 Å². The minimum Gasteiger partial charge on any atom is -0.378 e. The lowest BCUT2D eigenvalue weighted by atomic mass is 9.96. The first-order valence-electron chi connectivity index (χ1n) is 11.1. The van der Waals surface area contributed by atoms with Gasteiger partial charge in [-0.3, -0.25) is 0 Å². The molecule has 0 radical (unpaired) electrons. The van der Waals surface area contributed by atoms with E-state index in [-0.39, 0.29) is 6.10 Å². The maximum atomic E-state index is 8.56. The standard InChI is InChI=1S/C25H31N5O/c1-31-24-17-30(15-13-23(24)28-19-9-3-2-4-10-19)25-20(21(27)11-7-14-26)16-18-8-5-6-12-22(18)29-25/h3,5-9,11-12,14,16,19,23-24,26-28H,2,4,10,13,15,17H2,1H3/b11-7-,26-14?,27-21?. The predicted octanol–water partition coefficient (Wildman–Crippen LogP) is 4.10. The van der Waals surface area contributed by atoms with E-state index in [2.05, 4.69) is 22.4 Å². The highest BCUT2D eigenvalue weighted by Gasteiger charge is 2.32. The van der Waals surface area contributed by atoms with E-state index in [1.54, 1.807) is 19.3 Å². The molecule has 1 aromatic carbocycles. The number of methoxy groups -OCH3 is 1. The van der Waals surface area contributed by atoms with Gasteiger partial charge in [-0.2, -0.15) is 0 Å². The van der Waals surface area contributed by atoms with Crippen LogP contribution >= 0.6 is 0 Å². The van der Waals surface area contributed by atoms with Crippen molar-refractivity contribution in [3.63, 3.8) is 0 Å². The number of pyridine rings is 1. The Morgan fingerprint density at radius 3 is 2.94 bits per heavy atom. The maximum Gasteiger partial charge on any atom is 0.138 e. The molecule has 162 valence electrons. The molecule has 0 saturated carbocycles. The van der Waals surface area contributed by atoms with Gasteiger partial charge in [0.2, 0.25) is 0 Å². The molecule has 0 bridgehead atoms. The number of fused-ring (bicyclic) bond motifs is 1. The zero-order chi connectivity index (χ0) is 21.6. The van der Waals surface area contributed by atoms with Gasteiger partial charge in [0.05, 0.1) is 17.3 Å². The fourth-order valence-corrected chi connectivity index (χ4v) is 4.54. The summed E-state index contributed by atoms with van der Waals surface area (Å²) in [7, 11) is 1.78. The van der Waals surface area contributed by atoms with Crippen LogP contribution in [0.15, 0.2) is 54.6 Å². The molecule has 2 aromatic rings. The third kappa shape index (κ3) is 4.92. The van der Waals surface area contributed by atoms with Crippen molar-refractivity contribution >= 4 is 28.6 Å². The molecule has 2 heterocycles. The molecule has 1 aromatic heterocycles. The minimum absolute atomic E-state index is 0.0523. The normalized spacial score (nSPS) is 24.0. The van der Waals surface area contributed by atoms with Crippen LogP contribution in [0.5, 0.6) is 0 Å². The molecule has 3 atom stereocenters. The summed E-state index contributed by atoms with van der Waals surface area (Å²) in [4.78, 5) is 7.19. The van der Waals surface area contributed by atoms with Crippen molar-refractivity contribution in [3.8, 4) is 0 Å². The number of nitrogens with zero attached hydrogens (tertiary/aromatic N) is 2. The zero-order valence-corrected chi connectivity index (χ0v) is 18.1. The lowest BCUT2D eigenvalue weighted by Crippen LogP contribution is -2.56. The number of piperidine rings is 1. The molecule has 3 N–H and O–H groups in total. The lowest BCUT2D eigenvalue weighted by molar-refractivity contribution is 0.0569. The van der Waals surface area contributed by atoms with E-state index in [4.69, 9.17) is 20.5 Å². The molecule has 0 spiro atoms. The highest BCUT2D eigenvalue weighted by Crippen LogP contribution is 2.28. The van der Waals surface area contributed by atoms with Crippen LogP contribution in [0, 0.1) is 10.8 Å². The molecule has 1 aliphatic carbocycles. The Hall–Kier alpha value is -2.83. The van der Waals surface area contributed by atoms with Crippen LogP contribution in [-0.4, -0.2) is 55.3 Å². The van der Waals surface area contributed by atoms with E-state index in [1.807, 2.05) is 30.3 Å². The summed E-state index contributed by atoms with van der Waals surface area (Å²) in [5.74, 6) is 0.816. The topological polar surface area (TPSA) is 85.1 Å². The van der Waals surface area contributed by atoms with Crippen molar-refractivity contribution in [3.05, 3.63) is 60.2 Å². The molecular formula is C25H31N5O. The first kappa shape index (κ1) is 21.4. The van der Waals surface area contributed by atoms with Crippen molar-refractivity contribution in [2.45, 2.75) is 43.9 Å². The van der Waals surface area contributed by atoms with Crippen molar-refractivity contribution in [1.29, 1.82) is 10.8 Å². The summed E-state index contributed by atoms with van der Waals surface area (Å²) >= 11 is 0. The van der Waals surface area contributed by atoms with E-state index in [9.17, 15) is 0 Å². The number of hydrogen-bond donors (Lipinski definition) is 3. The molecule has 6 heteroatoms. The molecule has 6 nitrogen and oxygen atoms in total. The smallest absolute Gasteiger partial charge is 0.138 e. The molecular weight excluding hydrogens is 386 g/mol. The van der Waals surface area contributed by atoms with E-state index in [1.165, 1.54) is 25.5 Å². The van der Waals surface area contributed by atoms with Crippen LogP contribution in [0.25, 0.3) is 10.9 Å². The second kappa shape index (κ2) is 9.98. The number of aromatic nitrogens is 1. The van der Waals surface area contributed by atoms with Gasteiger partial charge >= 0.3 is 0 Å². The van der Waals surface area contributed by atoms with E-state index in [0.29, 0.717) is 17.8 Å². The number of hydrogen-bond acceptors (Lipinski definition) is 6. The van der Waals surface area contributed by atoms with Crippen LogP contribution in [0.2, 0.25) is 0 Å². The van der Waals surface area contributed by atoms with E-state index < -0.39 is 0 Å². The summed E-state index contributed by atoms with van der Waals surface area (Å²) in [5.41, 5.74) is 2.07. The molecule has 31 heavy (non-hydrogen) atoms. The summed E-state index contributed by atoms with van der Waals surface area (Å²) in [6.07, 6.45) is 13.6. The van der Waals surface area contributed by atoms with Crippen LogP contribution < -0.4 is 10.2 Å². The fraction of sp³-hybridized carbons (Fsp3) is 0.400. The molecule has 4 rings (SSSR count). The Bertz CT molecular complexity index is 999. The van der Waals surface area contributed by atoms with Gasteiger partial charge in [-0.15, -0.1) is 0 Å². The summed E-state index contributed by atoms with van der Waals surface area (Å²) < 4.78 is 5.90. The number of allylic oxidation sites excluding steroid dienone is 3. The molecule has 1 fully saturated rings. The summed E-state index contributed by atoms with van der Waals surface area (Å²) in [6.45, 7) is 1.58. The fourth-order valence-electron chi connectivity index (χ4n) is 4.54. The van der Waals surface area contributed by atoms with Crippen LogP contribution in [0.4, 0.5) is 5.82 Å². The number of ether oxygens (including phenoxy) is 1. The van der Waals surface area contributed by atoms with Crippen molar-refractivity contribution in [2.75, 3.05) is 25.1 Å². The van der Waals surface area contributed by atoms with Crippen LogP contribution in [0.1, 0.15) is 31.2 Å². The third-order valence-electron chi connectivity index (χ3n) is 6.20. The molecule has 3 unspecified atom stereocenters. The molecule has 2 aliphatic rings. The van der Waals surface area contributed by atoms with Gasteiger partial charge in [0.1, 0.15) is 5.82 Å². The number of para-hydroxylation sites is 1. The predicted molar refractivity (Wildman–Crippen MR) is 128 cm³/mol. The quantitative estimate of drug-likeness (QED) is 0.468. The monoisotopic (exact) mass is 417 g/mol. The maximum absolute atomic E-state index is 8.56. The second-order valence-electron chi connectivity index (χ2n) is 8.24. The van der Waals surface area contributed by atoms with Gasteiger partial charge in [-0.25, -0.2) is 4.98 Å². The lowest BCUT2D eigenvalue weighted by Gasteiger charge is -2.40. The Labute approximate surface area is 184 Å². The largest absolute Gasteiger partial charge is 0.378 e. The molecule has 0 amide bonds. The first-order chi connectivity index (χ1) is 15.2. The summed E-state index contributed by atoms with van der Waals surface area (Å²) in [5, 5.41) is 20.6.